The average Bonchev–Trinajstić information content (AvgIpc) is 3.13. The molecule has 1 aromatic carbocycles. The minimum Gasteiger partial charge on any atom is -0.497 e. The number of nitrogens with zero attached hydrogens (tertiary/aromatic N) is 1. The molecule has 2 N–H and O–H groups in total. The van der Waals surface area contributed by atoms with Crippen LogP contribution in [0.1, 0.15) is 23.6 Å². The van der Waals surface area contributed by atoms with E-state index in [1.807, 2.05) is 26.2 Å². The number of methoxy groups -OCH3 is 1. The maximum Gasteiger partial charge on any atom is 0.314 e. The van der Waals surface area contributed by atoms with Crippen LogP contribution in [0, 0.1) is 0 Å². The molecule has 5 nitrogen and oxygen atoms in total. The summed E-state index contributed by atoms with van der Waals surface area (Å²) in [6.45, 7) is 1.25. The highest BCUT2D eigenvalue weighted by Crippen LogP contribution is 2.19. The highest BCUT2D eigenvalue weighted by Gasteiger charge is 2.15. The molecule has 0 fully saturated rings. The number of likely N-dealkylation sites (N-methyl/N-ethyl adjacent to an activating group) is 1. The summed E-state index contributed by atoms with van der Waals surface area (Å²) in [5.41, 5.74) is 2.47. The van der Waals surface area contributed by atoms with Crippen LogP contribution in [0.3, 0.4) is 0 Å². The van der Waals surface area contributed by atoms with Crippen LogP contribution in [0.2, 0.25) is 0 Å². The predicted molar refractivity (Wildman–Crippen MR) is 103 cm³/mol. The zero-order valence-electron chi connectivity index (χ0n) is 15.1. The van der Waals surface area contributed by atoms with Gasteiger partial charge in [-0.3, -0.25) is 0 Å². The van der Waals surface area contributed by atoms with E-state index in [2.05, 4.69) is 44.5 Å². The molecule has 1 aromatic heterocycles. The second-order valence-corrected chi connectivity index (χ2v) is 6.90. The van der Waals surface area contributed by atoms with Crippen LogP contribution in [0.4, 0.5) is 4.79 Å². The smallest absolute Gasteiger partial charge is 0.314 e. The number of carbonyl (C=O) groups is 1. The summed E-state index contributed by atoms with van der Waals surface area (Å²) in [5, 5.41) is 10.1. The zero-order chi connectivity index (χ0) is 18.1. The van der Waals surface area contributed by atoms with Crippen molar-refractivity contribution < 1.29 is 9.53 Å². The van der Waals surface area contributed by atoms with E-state index >= 15 is 0 Å². The Labute approximate surface area is 154 Å². The molecule has 6 heteroatoms. The second kappa shape index (κ2) is 10.1. The van der Waals surface area contributed by atoms with E-state index in [0.29, 0.717) is 13.1 Å². The van der Waals surface area contributed by atoms with Gasteiger partial charge in [0, 0.05) is 13.1 Å². The number of hydrogen-bond acceptors (Lipinski definition) is 4. The molecule has 0 aliphatic carbocycles. The van der Waals surface area contributed by atoms with Gasteiger partial charge in [0.25, 0.3) is 0 Å². The van der Waals surface area contributed by atoms with Crippen molar-refractivity contribution in [2.75, 3.05) is 34.3 Å². The first-order chi connectivity index (χ1) is 12.1. The number of benzene rings is 1. The number of ether oxygens (including phenoxy) is 1. The summed E-state index contributed by atoms with van der Waals surface area (Å²) in [7, 11) is 5.71. The molecule has 2 rings (SSSR count). The van der Waals surface area contributed by atoms with E-state index in [1.165, 1.54) is 11.1 Å². The lowest BCUT2D eigenvalue weighted by atomic mass is 10.1. The molecule has 0 aliphatic rings. The van der Waals surface area contributed by atoms with Gasteiger partial charge in [-0.25, -0.2) is 4.79 Å². The zero-order valence-corrected chi connectivity index (χ0v) is 15.9. The van der Waals surface area contributed by atoms with Crippen molar-refractivity contribution in [2.45, 2.75) is 18.9 Å². The highest BCUT2D eigenvalue weighted by atomic mass is 32.1. The van der Waals surface area contributed by atoms with Gasteiger partial charge < -0.3 is 20.3 Å². The van der Waals surface area contributed by atoms with E-state index in [1.54, 1.807) is 18.4 Å². The third-order valence-electron chi connectivity index (χ3n) is 4.09. The van der Waals surface area contributed by atoms with Crippen molar-refractivity contribution in [1.82, 2.24) is 15.5 Å². The number of urea groups is 1. The molecule has 1 heterocycles. The lowest BCUT2D eigenvalue weighted by Gasteiger charge is -2.24. The fourth-order valence-electron chi connectivity index (χ4n) is 2.60. The van der Waals surface area contributed by atoms with Crippen molar-refractivity contribution in [1.29, 1.82) is 0 Å². The van der Waals surface area contributed by atoms with Crippen molar-refractivity contribution >= 4 is 17.4 Å². The first-order valence-corrected chi connectivity index (χ1v) is 9.37. The summed E-state index contributed by atoms with van der Waals surface area (Å²) in [6, 6.07) is 10.2. The Morgan fingerprint density at radius 1 is 1.20 bits per heavy atom. The normalized spacial score (nSPS) is 12.0. The van der Waals surface area contributed by atoms with Gasteiger partial charge in [0.15, 0.2) is 0 Å². The Hall–Kier alpha value is -2.05. The lowest BCUT2D eigenvalue weighted by molar-refractivity contribution is 0.233. The van der Waals surface area contributed by atoms with Gasteiger partial charge in [0.1, 0.15) is 5.75 Å². The number of aryl methyl sites for hydroxylation is 1. The van der Waals surface area contributed by atoms with Crippen LogP contribution in [-0.2, 0) is 6.42 Å². The SMILES string of the molecule is COc1ccc(CCCNC(=O)NCC(c2ccsc2)N(C)C)cc1. The third-order valence-corrected chi connectivity index (χ3v) is 4.80. The van der Waals surface area contributed by atoms with Gasteiger partial charge in [0.2, 0.25) is 0 Å². The molecule has 0 spiro atoms. The monoisotopic (exact) mass is 361 g/mol. The Morgan fingerprint density at radius 2 is 1.96 bits per heavy atom. The first-order valence-electron chi connectivity index (χ1n) is 8.43. The Balaban J connectivity index is 1.66. The molecule has 2 aromatic rings. The van der Waals surface area contributed by atoms with Gasteiger partial charge in [-0.1, -0.05) is 12.1 Å². The second-order valence-electron chi connectivity index (χ2n) is 6.12. The third kappa shape index (κ3) is 6.40. The van der Waals surface area contributed by atoms with Crippen LogP contribution in [0.5, 0.6) is 5.75 Å². The van der Waals surface area contributed by atoms with Gasteiger partial charge >= 0.3 is 6.03 Å². The molecule has 0 saturated carbocycles. The van der Waals surface area contributed by atoms with Gasteiger partial charge in [-0.05, 0) is 67.0 Å². The molecule has 1 atom stereocenters. The molecule has 25 heavy (non-hydrogen) atoms. The molecule has 0 aliphatic heterocycles. The fourth-order valence-corrected chi connectivity index (χ4v) is 3.31. The van der Waals surface area contributed by atoms with E-state index in [0.717, 1.165) is 18.6 Å². The maximum atomic E-state index is 12.0. The summed E-state index contributed by atoms with van der Waals surface area (Å²) in [4.78, 5) is 14.1. The van der Waals surface area contributed by atoms with E-state index in [4.69, 9.17) is 4.74 Å². The van der Waals surface area contributed by atoms with Crippen molar-refractivity contribution in [3.8, 4) is 5.75 Å². The Kier molecular flexibility index (Phi) is 7.76. The fraction of sp³-hybridized carbons (Fsp3) is 0.421. The molecule has 0 bridgehead atoms. The van der Waals surface area contributed by atoms with Crippen LogP contribution < -0.4 is 15.4 Å². The van der Waals surface area contributed by atoms with Crippen LogP contribution in [0.25, 0.3) is 0 Å². The number of rotatable bonds is 9. The number of hydrogen-bond donors (Lipinski definition) is 2. The quantitative estimate of drug-likeness (QED) is 0.674. The molecule has 136 valence electrons. The Bertz CT molecular complexity index is 627. The van der Waals surface area contributed by atoms with E-state index in [9.17, 15) is 4.79 Å². The van der Waals surface area contributed by atoms with Crippen LogP contribution in [-0.4, -0.2) is 45.2 Å². The molecule has 0 radical (unpaired) electrons. The van der Waals surface area contributed by atoms with Crippen molar-refractivity contribution in [3.05, 3.63) is 52.2 Å². The van der Waals surface area contributed by atoms with Crippen molar-refractivity contribution in [2.24, 2.45) is 0 Å². The number of thiophene rings is 1. The lowest BCUT2D eigenvalue weighted by Crippen LogP contribution is -2.40. The first kappa shape index (κ1) is 19.3. The molecular formula is C19H27N3O2S. The largest absolute Gasteiger partial charge is 0.497 e. The molecule has 1 unspecified atom stereocenters. The number of nitrogens with one attached hydrogen (secondary N) is 2. The van der Waals surface area contributed by atoms with Gasteiger partial charge in [-0.15, -0.1) is 0 Å². The number of amides is 2. The standard InChI is InChI=1S/C19H27N3O2S/c1-22(2)18(16-10-12-25-14-16)13-21-19(23)20-11-4-5-15-6-8-17(24-3)9-7-15/h6-10,12,14,18H,4-5,11,13H2,1-3H3,(H2,20,21,23). The van der Waals surface area contributed by atoms with Crippen LogP contribution in [0.15, 0.2) is 41.1 Å². The highest BCUT2D eigenvalue weighted by molar-refractivity contribution is 7.07. The van der Waals surface area contributed by atoms with E-state index in [-0.39, 0.29) is 12.1 Å². The van der Waals surface area contributed by atoms with Gasteiger partial charge in [-0.2, -0.15) is 11.3 Å². The average molecular weight is 362 g/mol. The summed E-state index contributed by atoms with van der Waals surface area (Å²) in [5.74, 6) is 0.863. The maximum absolute atomic E-state index is 12.0. The molecule has 2 amide bonds. The molecular weight excluding hydrogens is 334 g/mol. The number of carbonyl (C=O) groups excluding carboxylic acids is 1. The Morgan fingerprint density at radius 3 is 2.56 bits per heavy atom. The molecule has 0 saturated heterocycles. The van der Waals surface area contributed by atoms with Crippen LogP contribution >= 0.6 is 11.3 Å². The topological polar surface area (TPSA) is 53.6 Å². The van der Waals surface area contributed by atoms with Crippen molar-refractivity contribution in [3.63, 3.8) is 0 Å². The summed E-state index contributed by atoms with van der Waals surface area (Å²) >= 11 is 1.67. The minimum atomic E-state index is -0.114. The summed E-state index contributed by atoms with van der Waals surface area (Å²) in [6.07, 6.45) is 1.83. The summed E-state index contributed by atoms with van der Waals surface area (Å²) < 4.78 is 5.15. The minimum absolute atomic E-state index is 0.114. The van der Waals surface area contributed by atoms with Gasteiger partial charge in [0.05, 0.1) is 13.2 Å². The predicted octanol–water partition coefficient (Wildman–Crippen LogP) is 3.29. The van der Waals surface area contributed by atoms with E-state index < -0.39 is 0 Å².